The summed E-state index contributed by atoms with van der Waals surface area (Å²) in [5, 5.41) is 0. The molecule has 0 heterocycles. The Labute approximate surface area is 117 Å². The Hall–Kier alpha value is -2.03. The van der Waals surface area contributed by atoms with Crippen LogP contribution < -0.4 is 0 Å². The Morgan fingerprint density at radius 2 is 1.60 bits per heavy atom. The predicted molar refractivity (Wildman–Crippen MR) is 74.7 cm³/mol. The molecule has 104 valence electrons. The van der Waals surface area contributed by atoms with Crippen LogP contribution >= 0.6 is 0 Å². The van der Waals surface area contributed by atoms with Crippen molar-refractivity contribution < 1.29 is 13.6 Å². The molecule has 1 nitrogen and oxygen atoms in total. The third-order valence-corrected chi connectivity index (χ3v) is 3.41. The molecule has 0 aliphatic carbocycles. The van der Waals surface area contributed by atoms with Crippen LogP contribution in [0.25, 0.3) is 0 Å². The van der Waals surface area contributed by atoms with Crippen LogP contribution in [0, 0.1) is 25.5 Å². The van der Waals surface area contributed by atoms with Gasteiger partial charge in [-0.2, -0.15) is 0 Å². The molecule has 0 unspecified atom stereocenters. The smallest absolute Gasteiger partial charge is 0.141 e. The number of benzene rings is 2. The number of hydrogen-bond donors (Lipinski definition) is 0. The van der Waals surface area contributed by atoms with Crippen LogP contribution in [0.1, 0.15) is 22.3 Å². The Kier molecular flexibility index (Phi) is 4.28. The summed E-state index contributed by atoms with van der Waals surface area (Å²) in [7, 11) is 0. The van der Waals surface area contributed by atoms with Crippen molar-refractivity contribution in [3.05, 3.63) is 70.3 Å². The second kappa shape index (κ2) is 5.95. The lowest BCUT2D eigenvalue weighted by Gasteiger charge is -2.06. The van der Waals surface area contributed by atoms with E-state index in [0.29, 0.717) is 0 Å². The molecule has 0 aromatic heterocycles. The zero-order valence-electron chi connectivity index (χ0n) is 11.5. The molecule has 0 amide bonds. The fourth-order valence-electron chi connectivity index (χ4n) is 2.10. The summed E-state index contributed by atoms with van der Waals surface area (Å²) in [5.41, 5.74) is 2.98. The second-order valence-corrected chi connectivity index (χ2v) is 5.01. The molecule has 0 atom stereocenters. The van der Waals surface area contributed by atoms with E-state index in [2.05, 4.69) is 0 Å². The molecule has 2 aromatic carbocycles. The average molecular weight is 274 g/mol. The standard InChI is InChI=1S/C17H16F2O/c1-11-6-7-13(8-12(11)2)9-14(20)10-15-16(18)4-3-5-17(15)19/h3-8H,9-10H2,1-2H3. The van der Waals surface area contributed by atoms with E-state index < -0.39 is 11.6 Å². The second-order valence-electron chi connectivity index (χ2n) is 5.01. The number of rotatable bonds is 4. The minimum Gasteiger partial charge on any atom is -0.299 e. The summed E-state index contributed by atoms with van der Waals surface area (Å²) in [6, 6.07) is 9.38. The summed E-state index contributed by atoms with van der Waals surface area (Å²) in [5.74, 6) is -1.53. The maximum absolute atomic E-state index is 13.5. The van der Waals surface area contributed by atoms with Gasteiger partial charge in [-0.05, 0) is 42.7 Å². The Bertz CT molecular complexity index is 627. The van der Waals surface area contributed by atoms with Crippen molar-refractivity contribution in [3.8, 4) is 0 Å². The van der Waals surface area contributed by atoms with Crippen LogP contribution in [-0.2, 0) is 17.6 Å². The van der Waals surface area contributed by atoms with Gasteiger partial charge >= 0.3 is 0 Å². The van der Waals surface area contributed by atoms with Crippen LogP contribution in [0.15, 0.2) is 36.4 Å². The molecular formula is C17H16F2O. The van der Waals surface area contributed by atoms with Crippen molar-refractivity contribution >= 4 is 5.78 Å². The van der Waals surface area contributed by atoms with Crippen molar-refractivity contribution in [1.29, 1.82) is 0 Å². The first-order chi connectivity index (χ1) is 9.47. The first-order valence-electron chi connectivity index (χ1n) is 6.48. The summed E-state index contributed by atoms with van der Waals surface area (Å²) in [6.45, 7) is 3.97. The lowest BCUT2D eigenvalue weighted by atomic mass is 9.99. The van der Waals surface area contributed by atoms with E-state index in [1.165, 1.54) is 18.2 Å². The van der Waals surface area contributed by atoms with Gasteiger partial charge in [0.1, 0.15) is 17.4 Å². The highest BCUT2D eigenvalue weighted by Gasteiger charge is 2.13. The third kappa shape index (κ3) is 3.29. The number of halogens is 2. The zero-order chi connectivity index (χ0) is 14.7. The molecule has 20 heavy (non-hydrogen) atoms. The molecular weight excluding hydrogens is 258 g/mol. The fourth-order valence-corrected chi connectivity index (χ4v) is 2.10. The van der Waals surface area contributed by atoms with Crippen LogP contribution in [0.2, 0.25) is 0 Å². The number of carbonyl (C=O) groups excluding carboxylic acids is 1. The van der Waals surface area contributed by atoms with Gasteiger partial charge in [-0.3, -0.25) is 4.79 Å². The number of ketones is 1. The van der Waals surface area contributed by atoms with Gasteiger partial charge in [0.15, 0.2) is 0 Å². The molecule has 0 N–H and O–H groups in total. The lowest BCUT2D eigenvalue weighted by molar-refractivity contribution is -0.117. The molecule has 3 heteroatoms. The largest absolute Gasteiger partial charge is 0.299 e. The quantitative estimate of drug-likeness (QED) is 0.825. The van der Waals surface area contributed by atoms with Crippen LogP contribution in [0.3, 0.4) is 0 Å². The minimum atomic E-state index is -0.668. The summed E-state index contributed by atoms with van der Waals surface area (Å²) in [4.78, 5) is 11.9. The van der Waals surface area contributed by atoms with Gasteiger partial charge in [0.05, 0.1) is 0 Å². The lowest BCUT2D eigenvalue weighted by Crippen LogP contribution is -2.09. The molecule has 0 saturated carbocycles. The van der Waals surface area contributed by atoms with Crippen molar-refractivity contribution in [1.82, 2.24) is 0 Å². The van der Waals surface area contributed by atoms with Gasteiger partial charge in [0.2, 0.25) is 0 Å². The van der Waals surface area contributed by atoms with Crippen LogP contribution in [0.4, 0.5) is 8.78 Å². The highest BCUT2D eigenvalue weighted by Crippen LogP contribution is 2.15. The molecule has 0 spiro atoms. The normalized spacial score (nSPS) is 10.6. The monoisotopic (exact) mass is 274 g/mol. The first-order valence-corrected chi connectivity index (χ1v) is 6.48. The van der Waals surface area contributed by atoms with Gasteiger partial charge < -0.3 is 0 Å². The van der Waals surface area contributed by atoms with E-state index in [0.717, 1.165) is 16.7 Å². The Morgan fingerprint density at radius 1 is 0.950 bits per heavy atom. The first kappa shape index (κ1) is 14.4. The van der Waals surface area contributed by atoms with Gasteiger partial charge in [-0.1, -0.05) is 24.3 Å². The number of Topliss-reactive ketones (excluding diaryl/α,β-unsaturated/α-hetero) is 1. The zero-order valence-corrected chi connectivity index (χ0v) is 11.5. The van der Waals surface area contributed by atoms with E-state index in [4.69, 9.17) is 0 Å². The van der Waals surface area contributed by atoms with Gasteiger partial charge in [0, 0.05) is 18.4 Å². The van der Waals surface area contributed by atoms with E-state index in [9.17, 15) is 13.6 Å². The van der Waals surface area contributed by atoms with E-state index >= 15 is 0 Å². The third-order valence-electron chi connectivity index (χ3n) is 3.41. The molecule has 2 rings (SSSR count). The highest BCUT2D eigenvalue weighted by atomic mass is 19.1. The molecule has 0 bridgehead atoms. The summed E-state index contributed by atoms with van der Waals surface area (Å²) in [6.07, 6.45) is -0.0275. The maximum atomic E-state index is 13.5. The van der Waals surface area contributed by atoms with Crippen molar-refractivity contribution in [2.45, 2.75) is 26.7 Å². The number of hydrogen-bond acceptors (Lipinski definition) is 1. The van der Waals surface area contributed by atoms with Crippen LogP contribution in [-0.4, -0.2) is 5.78 Å². The van der Waals surface area contributed by atoms with Gasteiger partial charge in [-0.25, -0.2) is 8.78 Å². The summed E-state index contributed by atoms with van der Waals surface area (Å²) >= 11 is 0. The summed E-state index contributed by atoms with van der Waals surface area (Å²) < 4.78 is 26.9. The van der Waals surface area contributed by atoms with Gasteiger partial charge in [-0.15, -0.1) is 0 Å². The van der Waals surface area contributed by atoms with Gasteiger partial charge in [0.25, 0.3) is 0 Å². The van der Waals surface area contributed by atoms with E-state index in [1.54, 1.807) is 0 Å². The highest BCUT2D eigenvalue weighted by molar-refractivity contribution is 5.83. The predicted octanol–water partition coefficient (Wildman–Crippen LogP) is 3.94. The number of carbonyl (C=O) groups is 1. The van der Waals surface area contributed by atoms with Crippen molar-refractivity contribution in [2.24, 2.45) is 0 Å². The molecule has 2 aromatic rings. The number of aryl methyl sites for hydroxylation is 2. The molecule has 0 fully saturated rings. The molecule has 0 saturated heterocycles. The van der Waals surface area contributed by atoms with E-state index in [-0.39, 0.29) is 24.2 Å². The minimum absolute atomic E-state index is 0.152. The Morgan fingerprint density at radius 3 is 2.20 bits per heavy atom. The van der Waals surface area contributed by atoms with Crippen LogP contribution in [0.5, 0.6) is 0 Å². The maximum Gasteiger partial charge on any atom is 0.141 e. The van der Waals surface area contributed by atoms with E-state index in [1.807, 2.05) is 32.0 Å². The molecule has 0 aliphatic heterocycles. The topological polar surface area (TPSA) is 17.1 Å². The SMILES string of the molecule is Cc1ccc(CC(=O)Cc2c(F)cccc2F)cc1C. The Balaban J connectivity index is 2.11. The average Bonchev–Trinajstić information content (AvgIpc) is 2.38. The molecule has 0 radical (unpaired) electrons. The molecule has 0 aliphatic rings. The fraction of sp³-hybridized carbons (Fsp3) is 0.235. The van der Waals surface area contributed by atoms with Crippen molar-refractivity contribution in [2.75, 3.05) is 0 Å². The van der Waals surface area contributed by atoms with Crippen molar-refractivity contribution in [3.63, 3.8) is 0 Å².